The minimum absolute atomic E-state index is 0.162. The summed E-state index contributed by atoms with van der Waals surface area (Å²) >= 11 is 0. The van der Waals surface area contributed by atoms with Crippen molar-refractivity contribution in [1.29, 1.82) is 0 Å². The van der Waals surface area contributed by atoms with E-state index in [4.69, 9.17) is 14.7 Å². The van der Waals surface area contributed by atoms with Crippen LogP contribution in [-0.4, -0.2) is 39.1 Å². The smallest absolute Gasteiger partial charge is 0.322 e. The van der Waals surface area contributed by atoms with Crippen molar-refractivity contribution in [3.63, 3.8) is 0 Å². The lowest BCUT2D eigenvalue weighted by Crippen LogP contribution is -2.28. The van der Waals surface area contributed by atoms with Gasteiger partial charge in [0.15, 0.2) is 11.7 Å². The molecule has 1 N–H and O–H groups in total. The van der Waals surface area contributed by atoms with Crippen LogP contribution in [0.15, 0.2) is 64.8 Å². The van der Waals surface area contributed by atoms with Crippen LogP contribution in [0.1, 0.15) is 11.1 Å². The number of hydrogen-bond acceptors (Lipinski definition) is 5. The van der Waals surface area contributed by atoms with E-state index in [9.17, 15) is 4.79 Å². The molecule has 3 heterocycles. The molecule has 0 radical (unpaired) electrons. The molecule has 5 aromatic rings. The molecule has 8 nitrogen and oxygen atoms in total. The fourth-order valence-electron chi connectivity index (χ4n) is 3.63. The van der Waals surface area contributed by atoms with Crippen LogP contribution in [0, 0.1) is 6.92 Å². The predicted octanol–water partition coefficient (Wildman–Crippen LogP) is 2.55. The molecule has 2 aromatic carbocycles. The summed E-state index contributed by atoms with van der Waals surface area (Å²) < 4.78 is 8.36. The number of rotatable bonds is 5. The van der Waals surface area contributed by atoms with E-state index in [0.717, 1.165) is 22.2 Å². The average molecular weight is 413 g/mol. The summed E-state index contributed by atoms with van der Waals surface area (Å²) in [6, 6.07) is 15.6. The van der Waals surface area contributed by atoms with Gasteiger partial charge in [0.1, 0.15) is 5.52 Å². The van der Waals surface area contributed by atoms with E-state index in [0.29, 0.717) is 35.3 Å². The van der Waals surface area contributed by atoms with Crippen molar-refractivity contribution in [2.24, 2.45) is 5.10 Å². The molecule has 0 amide bonds. The first-order chi connectivity index (χ1) is 15.2. The topological polar surface area (TPSA) is 88.4 Å². The average Bonchev–Trinajstić information content (AvgIpc) is 3.09. The third-order valence-electron chi connectivity index (χ3n) is 5.31. The number of methoxy groups -OCH3 is 1. The van der Waals surface area contributed by atoms with Gasteiger partial charge in [0.2, 0.25) is 5.65 Å². The van der Waals surface area contributed by atoms with Gasteiger partial charge in [0.05, 0.1) is 30.4 Å². The Kier molecular flexibility index (Phi) is 4.76. The van der Waals surface area contributed by atoms with E-state index in [1.54, 1.807) is 28.9 Å². The minimum Gasteiger partial charge on any atom is -0.381 e. The monoisotopic (exact) mass is 413 g/mol. The van der Waals surface area contributed by atoms with Crippen molar-refractivity contribution in [1.82, 2.24) is 19.2 Å². The normalized spacial score (nSPS) is 11.9. The standard InChI is InChI=1S/C23H20N6O2/c1-15-7-3-4-8-16(15)13-25-29-21-19(23(30)28(14-24-21)11-12-31-2)20-22(29)27-18-10-6-5-9-17(18)26-20/h3-10,13-14H,11-12H2,1-2H3/p+1/b25-13+. The Labute approximate surface area is 177 Å². The summed E-state index contributed by atoms with van der Waals surface area (Å²) in [6.07, 6.45) is 3.41. The van der Waals surface area contributed by atoms with Gasteiger partial charge in [-0.3, -0.25) is 0 Å². The van der Waals surface area contributed by atoms with Crippen LogP contribution in [0.5, 0.6) is 0 Å². The summed E-state index contributed by atoms with van der Waals surface area (Å²) in [6.45, 7) is 2.89. The van der Waals surface area contributed by atoms with Gasteiger partial charge in [0, 0.05) is 7.11 Å². The number of H-pyrrole nitrogens is 1. The van der Waals surface area contributed by atoms with Crippen LogP contribution in [0.4, 0.5) is 0 Å². The van der Waals surface area contributed by atoms with Gasteiger partial charge in [-0.1, -0.05) is 36.4 Å². The predicted molar refractivity (Wildman–Crippen MR) is 119 cm³/mol. The highest BCUT2D eigenvalue weighted by Crippen LogP contribution is 2.23. The Morgan fingerprint density at radius 3 is 2.61 bits per heavy atom. The molecule has 0 aliphatic heterocycles. The third-order valence-corrected chi connectivity index (χ3v) is 5.31. The lowest BCUT2D eigenvalue weighted by molar-refractivity contribution is -0.357. The fraction of sp³-hybridized carbons (Fsp3) is 0.174. The van der Waals surface area contributed by atoms with Gasteiger partial charge in [-0.2, -0.15) is 0 Å². The number of aryl methyl sites for hydroxylation is 1. The highest BCUT2D eigenvalue weighted by Gasteiger charge is 2.24. The number of hydrogen-bond donors (Lipinski definition) is 0. The van der Waals surface area contributed by atoms with Crippen molar-refractivity contribution in [2.75, 3.05) is 13.7 Å². The number of nitrogens with zero attached hydrogens (tertiary/aromatic N) is 5. The van der Waals surface area contributed by atoms with Crippen molar-refractivity contribution >= 4 is 39.4 Å². The zero-order chi connectivity index (χ0) is 21.4. The first kappa shape index (κ1) is 19.1. The van der Waals surface area contributed by atoms with Gasteiger partial charge >= 0.3 is 5.56 Å². The Balaban J connectivity index is 1.82. The summed E-state index contributed by atoms with van der Waals surface area (Å²) in [5.41, 5.74) is 4.99. The molecule has 0 saturated carbocycles. The molecule has 0 spiro atoms. The van der Waals surface area contributed by atoms with Crippen LogP contribution < -0.4 is 10.5 Å². The summed E-state index contributed by atoms with van der Waals surface area (Å²) in [5, 5.41) is 5.13. The van der Waals surface area contributed by atoms with Crippen molar-refractivity contribution < 1.29 is 9.72 Å². The zero-order valence-electron chi connectivity index (χ0n) is 17.2. The Bertz CT molecular complexity index is 1520. The SMILES string of the molecule is COCCn1c[nH+]c2c(c1=O)c1nc3ccccc3nc1n2/N=C/c1ccccc1C. The van der Waals surface area contributed by atoms with Crippen LogP contribution in [0.2, 0.25) is 0 Å². The number of para-hydroxylation sites is 2. The molecule has 154 valence electrons. The lowest BCUT2D eigenvalue weighted by atomic mass is 10.1. The van der Waals surface area contributed by atoms with E-state index in [-0.39, 0.29) is 5.56 Å². The lowest BCUT2D eigenvalue weighted by Gasteiger charge is -2.00. The number of aromatic nitrogens is 5. The quantitative estimate of drug-likeness (QED) is 0.414. The molecule has 0 saturated heterocycles. The Morgan fingerprint density at radius 2 is 1.84 bits per heavy atom. The van der Waals surface area contributed by atoms with Gasteiger partial charge in [-0.05, 0) is 30.2 Å². The van der Waals surface area contributed by atoms with Crippen molar-refractivity contribution in [2.45, 2.75) is 13.5 Å². The van der Waals surface area contributed by atoms with Gasteiger partial charge < -0.3 is 4.74 Å². The fourth-order valence-corrected chi connectivity index (χ4v) is 3.63. The maximum atomic E-state index is 13.3. The molecular formula is C23H21N6O2+. The number of benzene rings is 2. The second-order valence-electron chi connectivity index (χ2n) is 7.29. The van der Waals surface area contributed by atoms with E-state index in [1.807, 2.05) is 55.5 Å². The van der Waals surface area contributed by atoms with E-state index in [1.165, 1.54) is 0 Å². The van der Waals surface area contributed by atoms with E-state index in [2.05, 4.69) is 10.1 Å². The van der Waals surface area contributed by atoms with Gasteiger partial charge in [-0.25, -0.2) is 24.3 Å². The molecule has 0 unspecified atom stereocenters. The summed E-state index contributed by atoms with van der Waals surface area (Å²) in [7, 11) is 1.61. The zero-order valence-corrected chi connectivity index (χ0v) is 17.2. The maximum absolute atomic E-state index is 13.3. The molecule has 0 atom stereocenters. The summed E-state index contributed by atoms with van der Waals surface area (Å²) in [5.74, 6) is 0. The Morgan fingerprint density at radius 1 is 1.10 bits per heavy atom. The second-order valence-corrected chi connectivity index (χ2v) is 7.29. The number of aromatic amines is 1. The van der Waals surface area contributed by atoms with E-state index >= 15 is 0 Å². The van der Waals surface area contributed by atoms with Crippen molar-refractivity contribution in [3.8, 4) is 0 Å². The van der Waals surface area contributed by atoms with Crippen molar-refractivity contribution in [3.05, 3.63) is 76.3 Å². The molecule has 8 heteroatoms. The molecule has 3 aromatic heterocycles. The molecular weight excluding hydrogens is 392 g/mol. The summed E-state index contributed by atoms with van der Waals surface area (Å²) in [4.78, 5) is 26.0. The maximum Gasteiger partial charge on any atom is 0.322 e. The first-order valence-electron chi connectivity index (χ1n) is 9.98. The van der Waals surface area contributed by atoms with Crippen LogP contribution in [-0.2, 0) is 11.3 Å². The number of nitrogens with one attached hydrogen (secondary N) is 1. The number of fused-ring (bicyclic) bond motifs is 4. The first-order valence-corrected chi connectivity index (χ1v) is 9.98. The molecule has 5 rings (SSSR count). The van der Waals surface area contributed by atoms with Crippen LogP contribution >= 0.6 is 0 Å². The molecule has 31 heavy (non-hydrogen) atoms. The third kappa shape index (κ3) is 3.27. The second kappa shape index (κ2) is 7.73. The molecule has 0 fully saturated rings. The molecule has 0 aliphatic rings. The van der Waals surface area contributed by atoms with Crippen LogP contribution in [0.25, 0.3) is 33.2 Å². The Hall–Kier alpha value is -3.91. The van der Waals surface area contributed by atoms with Crippen LogP contribution in [0.3, 0.4) is 0 Å². The minimum atomic E-state index is -0.162. The largest absolute Gasteiger partial charge is 0.381 e. The van der Waals surface area contributed by atoms with Gasteiger partial charge in [-0.15, -0.1) is 9.78 Å². The number of ether oxygens (including phenoxy) is 1. The van der Waals surface area contributed by atoms with E-state index < -0.39 is 0 Å². The van der Waals surface area contributed by atoms with Gasteiger partial charge in [0.25, 0.3) is 5.65 Å². The highest BCUT2D eigenvalue weighted by atomic mass is 16.5. The molecule has 0 bridgehead atoms. The highest BCUT2D eigenvalue weighted by molar-refractivity contribution is 6.03. The molecule has 0 aliphatic carbocycles.